The second-order valence-electron chi connectivity index (χ2n) is 20.6. The van der Waals surface area contributed by atoms with Gasteiger partial charge in [-0.3, -0.25) is 23.7 Å². The number of benzene rings is 3. The standard InChI is InChI=1S/C53H64N9O12P/c1-9-60-36-22-38-34(20-31(36)27(3)24-52(60,5)6)41(35-21-32-28(4)25-53(7,8)61(10-2)37(32)23-39(35)73-38)30-16-15-29(19-33(30)49(67)68)46(65)55-17-13-11-12-14-18-56-51-57-42-45(58-50(54)59-47(42)66)62(51)48-44(64)43(63)40(74-48)26-72-75(69,70)71/h15-16,19-25,40,43-44,48,55,63-64H,9-14,17-18,26H2,1-8H3,(H6,54,59,65,66,67,68,69,70,71)/p+1/t40-,43-,44-,48-/m1/s1. The van der Waals surface area contributed by atoms with Crippen molar-refractivity contribution in [1.82, 2.24) is 29.4 Å². The molecule has 75 heavy (non-hydrogen) atoms. The predicted octanol–water partition coefficient (Wildman–Crippen LogP) is 4.61. The van der Waals surface area contributed by atoms with E-state index < -0.39 is 56.4 Å². The Bertz CT molecular complexity index is 3470. The molecule has 0 saturated carbocycles. The molecule has 3 aromatic carbocycles. The number of nitrogens with two attached hydrogens (primary N) is 1. The molecule has 0 spiro atoms. The summed E-state index contributed by atoms with van der Waals surface area (Å²) in [5.74, 6) is -0.560. The number of carboxylic acids is 1. The Hall–Kier alpha value is -6.71. The maximum Gasteiger partial charge on any atom is 0.469 e. The Morgan fingerprint density at radius 1 is 0.907 bits per heavy atom. The number of likely N-dealkylation sites (N-methyl/N-ethyl adjacent to an activating group) is 2. The molecule has 9 rings (SSSR count). The van der Waals surface area contributed by atoms with Gasteiger partial charge in [0.1, 0.15) is 36.4 Å². The number of nitrogens with one attached hydrogen (secondary N) is 3. The normalized spacial score (nSPS) is 20.4. The second-order valence-corrected chi connectivity index (χ2v) is 21.8. The highest BCUT2D eigenvalue weighted by atomic mass is 31.2. The van der Waals surface area contributed by atoms with Gasteiger partial charge in [-0.25, -0.2) is 18.9 Å². The van der Waals surface area contributed by atoms with E-state index in [-0.39, 0.29) is 45.3 Å². The summed E-state index contributed by atoms with van der Waals surface area (Å²) in [6.45, 7) is 18.6. The first-order valence-electron chi connectivity index (χ1n) is 25.2. The van der Waals surface area contributed by atoms with Gasteiger partial charge in [0, 0.05) is 78.3 Å². The molecule has 0 bridgehead atoms. The molecule has 1 fully saturated rings. The molecule has 22 heteroatoms. The Morgan fingerprint density at radius 2 is 1.63 bits per heavy atom. The van der Waals surface area contributed by atoms with Crippen LogP contribution >= 0.6 is 7.82 Å². The Balaban J connectivity index is 0.923. The van der Waals surface area contributed by atoms with Crippen molar-refractivity contribution in [2.45, 2.75) is 117 Å². The predicted molar refractivity (Wildman–Crippen MR) is 283 cm³/mol. The number of unbranched alkanes of at least 4 members (excludes halogenated alkanes) is 3. The van der Waals surface area contributed by atoms with Crippen molar-refractivity contribution in [2.24, 2.45) is 0 Å². The number of anilines is 3. The third-order valence-corrected chi connectivity index (χ3v) is 15.1. The zero-order chi connectivity index (χ0) is 54.1. The van der Waals surface area contributed by atoms with Gasteiger partial charge in [-0.15, -0.1) is 0 Å². The van der Waals surface area contributed by atoms with E-state index in [2.05, 4.69) is 131 Å². The molecule has 4 aliphatic heterocycles. The summed E-state index contributed by atoms with van der Waals surface area (Å²) >= 11 is 0. The minimum atomic E-state index is -4.93. The first-order valence-corrected chi connectivity index (χ1v) is 26.7. The lowest BCUT2D eigenvalue weighted by Gasteiger charge is -2.43. The summed E-state index contributed by atoms with van der Waals surface area (Å²) in [6, 6.07) is 13.2. The van der Waals surface area contributed by atoms with Gasteiger partial charge in [0.2, 0.25) is 17.3 Å². The van der Waals surface area contributed by atoms with Crippen molar-refractivity contribution in [3.8, 4) is 11.5 Å². The largest absolute Gasteiger partial charge is 0.478 e. The number of amides is 1. The topological polar surface area (TPSA) is 300 Å². The number of carbonyl (C=O) groups excluding carboxylic acids is 1. The number of hydrogen-bond donors (Lipinski definition) is 9. The number of aliphatic hydroxyl groups is 2. The van der Waals surface area contributed by atoms with Crippen molar-refractivity contribution in [2.75, 3.05) is 48.7 Å². The number of carbonyl (C=O) groups is 2. The van der Waals surface area contributed by atoms with Gasteiger partial charge in [-0.2, -0.15) is 4.98 Å². The first-order chi connectivity index (χ1) is 35.4. The fraction of sp³-hybridized carbons (Fsp3) is 0.434. The maximum absolute atomic E-state index is 13.7. The number of aromatic amines is 1. The molecule has 398 valence electrons. The van der Waals surface area contributed by atoms with Crippen LogP contribution in [0.5, 0.6) is 11.5 Å². The summed E-state index contributed by atoms with van der Waals surface area (Å²) in [6.07, 6.45) is 1.10. The van der Waals surface area contributed by atoms with Crippen molar-refractivity contribution in [1.29, 1.82) is 0 Å². The molecule has 0 aliphatic carbocycles. The van der Waals surface area contributed by atoms with Crippen LogP contribution in [-0.2, 0) is 13.8 Å². The third-order valence-electron chi connectivity index (χ3n) is 14.6. The van der Waals surface area contributed by atoms with Crippen molar-refractivity contribution < 1.29 is 53.3 Å². The average Bonchev–Trinajstić information content (AvgIpc) is 3.83. The van der Waals surface area contributed by atoms with Crippen LogP contribution in [0.1, 0.15) is 130 Å². The van der Waals surface area contributed by atoms with Crippen LogP contribution in [0.2, 0.25) is 0 Å². The zero-order valence-corrected chi connectivity index (χ0v) is 44.1. The van der Waals surface area contributed by atoms with Crippen LogP contribution in [0.15, 0.2) is 59.4 Å². The van der Waals surface area contributed by atoms with E-state index in [9.17, 15) is 34.3 Å². The summed E-state index contributed by atoms with van der Waals surface area (Å²) in [5, 5.41) is 40.4. The van der Waals surface area contributed by atoms with Gasteiger partial charge in [0.15, 0.2) is 22.9 Å². The number of phosphoric acid groups is 1. The number of carboxylic acid groups (broad SMARTS) is 1. The van der Waals surface area contributed by atoms with E-state index in [1.165, 1.54) is 10.6 Å². The zero-order valence-electron chi connectivity index (χ0n) is 43.2. The number of aromatic carboxylic acids is 1. The highest BCUT2D eigenvalue weighted by Crippen LogP contribution is 2.47. The van der Waals surface area contributed by atoms with Gasteiger partial charge in [0.05, 0.1) is 23.8 Å². The maximum atomic E-state index is 13.7. The molecular weight excluding hydrogens is 986 g/mol. The highest BCUT2D eigenvalue weighted by Gasteiger charge is 2.46. The Morgan fingerprint density at radius 3 is 2.32 bits per heavy atom. The minimum absolute atomic E-state index is 0.0251. The summed E-state index contributed by atoms with van der Waals surface area (Å²) < 4.78 is 32.1. The van der Waals surface area contributed by atoms with Crippen molar-refractivity contribution in [3.63, 3.8) is 0 Å². The smallest absolute Gasteiger partial charge is 0.469 e. The molecule has 1 saturated heterocycles. The highest BCUT2D eigenvalue weighted by molar-refractivity contribution is 7.46. The Labute approximate surface area is 432 Å². The summed E-state index contributed by atoms with van der Waals surface area (Å²) in [7, 11) is -4.93. The van der Waals surface area contributed by atoms with Crippen LogP contribution in [0, 0.1) is 0 Å². The molecule has 10 N–H and O–H groups in total. The second kappa shape index (κ2) is 20.1. The van der Waals surface area contributed by atoms with E-state index in [0.717, 1.165) is 57.2 Å². The molecule has 2 aromatic heterocycles. The molecule has 0 unspecified atom stereocenters. The molecule has 4 aliphatic rings. The number of H-pyrrole nitrogens is 1. The van der Waals surface area contributed by atoms with E-state index in [1.807, 2.05) is 0 Å². The van der Waals surface area contributed by atoms with Gasteiger partial charge < -0.3 is 55.8 Å². The third kappa shape index (κ3) is 10.0. The van der Waals surface area contributed by atoms with Gasteiger partial charge >= 0.3 is 13.8 Å². The van der Waals surface area contributed by atoms with Gasteiger partial charge in [-0.05, 0) is 101 Å². The monoisotopic (exact) mass is 1050 g/mol. The van der Waals surface area contributed by atoms with Crippen LogP contribution in [0.25, 0.3) is 27.9 Å². The van der Waals surface area contributed by atoms with Gasteiger partial charge in [0.25, 0.3) is 11.5 Å². The SMILES string of the molecule is CCN1c2cc3c(cc2C(C)=CC1(C)C)C(c1ccc(C(=O)NCCCCCCNc2nc4c(=O)[nH]c(N)nc4n2[C@@H]2O[C@H](COP(=O)(O)O)[C@@H](O)[C@H]2O)cc1C(=O)O)=c1cc2c(cc1O3)=[N+](CC)C(C)(C)C=C2C. The number of rotatable bonds is 17. The molecule has 21 nitrogen and oxygen atoms in total. The molecule has 5 aromatic rings. The quantitative estimate of drug-likeness (QED) is 0.0342. The fourth-order valence-corrected chi connectivity index (χ4v) is 11.6. The van der Waals surface area contributed by atoms with E-state index in [1.54, 1.807) is 12.1 Å². The average molecular weight is 1050 g/mol. The van der Waals surface area contributed by atoms with E-state index in [4.69, 9.17) is 25.0 Å². The van der Waals surface area contributed by atoms with E-state index >= 15 is 0 Å². The molecule has 6 heterocycles. The van der Waals surface area contributed by atoms with Crippen LogP contribution in [-0.4, -0.2) is 119 Å². The fourth-order valence-electron chi connectivity index (χ4n) is 11.3. The molecular formula is C53H65N9O12P+. The van der Waals surface area contributed by atoms with Crippen LogP contribution in [0.3, 0.4) is 0 Å². The molecule has 0 radical (unpaired) electrons. The minimum Gasteiger partial charge on any atom is -0.478 e. The number of fused-ring (bicyclic) bond motifs is 5. The van der Waals surface area contributed by atoms with Crippen molar-refractivity contribution in [3.05, 3.63) is 109 Å². The number of nitrogen functional groups attached to an aromatic ring is 1. The van der Waals surface area contributed by atoms with Crippen LogP contribution < -0.4 is 46.7 Å². The lowest BCUT2D eigenvalue weighted by molar-refractivity contribution is -0.0494. The number of allylic oxidation sites excluding steroid dienone is 2. The van der Waals surface area contributed by atoms with Crippen molar-refractivity contribution >= 4 is 65.2 Å². The number of aliphatic hydroxyl groups excluding tert-OH is 2. The lowest BCUT2D eigenvalue weighted by Crippen LogP contribution is -2.49. The Kier molecular flexibility index (Phi) is 14.2. The molecule has 4 atom stereocenters. The van der Waals surface area contributed by atoms with E-state index in [0.29, 0.717) is 61.4 Å². The van der Waals surface area contributed by atoms with Gasteiger partial charge in [-0.1, -0.05) is 25.0 Å². The summed E-state index contributed by atoms with van der Waals surface area (Å²) in [4.78, 5) is 71.4. The number of nitrogens with zero attached hydrogens (tertiary/aromatic N) is 5. The lowest BCUT2D eigenvalue weighted by atomic mass is 9.83. The number of ether oxygens (including phenoxy) is 2. The van der Waals surface area contributed by atoms with Crippen LogP contribution in [0.4, 0.5) is 17.6 Å². The summed E-state index contributed by atoms with van der Waals surface area (Å²) in [5.41, 5.74) is 11.8. The molecule has 1 amide bonds. The first kappa shape index (κ1) is 53.1. The number of imidazole rings is 1. The number of aromatic nitrogens is 4. The number of phosphoric ester groups is 1. The number of hydrogen-bond acceptors (Lipinski definition) is 14.